The number of benzene rings is 1. The number of ether oxygens (including phenoxy) is 1. The van der Waals surface area contributed by atoms with E-state index in [4.69, 9.17) is 10.5 Å². The van der Waals surface area contributed by atoms with Gasteiger partial charge in [0.05, 0.1) is 7.11 Å². The van der Waals surface area contributed by atoms with E-state index < -0.39 is 0 Å². The molecule has 0 bridgehead atoms. The van der Waals surface area contributed by atoms with E-state index in [0.29, 0.717) is 0 Å². The number of nitrogens with two attached hydrogens (primary N) is 1. The molecule has 0 saturated heterocycles. The summed E-state index contributed by atoms with van der Waals surface area (Å²) >= 11 is 0. The predicted octanol–water partition coefficient (Wildman–Crippen LogP) is 2.04. The normalized spacial score (nSPS) is 11.9. The molecule has 1 rings (SSSR count). The predicted molar refractivity (Wildman–Crippen MR) is 72.4 cm³/mol. The lowest BCUT2D eigenvalue weighted by Crippen LogP contribution is -2.34. The van der Waals surface area contributed by atoms with Crippen molar-refractivity contribution in [2.24, 2.45) is 5.73 Å². The molecule has 0 atom stereocenters. The monoisotopic (exact) mass is 236 g/mol. The third-order valence-corrected chi connectivity index (χ3v) is 2.49. The molecule has 3 heteroatoms. The highest BCUT2D eigenvalue weighted by Gasteiger charge is 2.13. The second-order valence-corrected chi connectivity index (χ2v) is 5.55. The van der Waals surface area contributed by atoms with Crippen LogP contribution in [0.3, 0.4) is 0 Å². The largest absolute Gasteiger partial charge is 0.496 e. The van der Waals surface area contributed by atoms with E-state index in [-0.39, 0.29) is 5.54 Å². The molecular weight excluding hydrogens is 212 g/mol. The van der Waals surface area contributed by atoms with Crippen LogP contribution in [0.2, 0.25) is 0 Å². The summed E-state index contributed by atoms with van der Waals surface area (Å²) in [4.78, 5) is 2.13. The third-order valence-electron chi connectivity index (χ3n) is 2.49. The average molecular weight is 236 g/mol. The van der Waals surface area contributed by atoms with Gasteiger partial charge in [0.15, 0.2) is 0 Å². The molecule has 0 aliphatic rings. The van der Waals surface area contributed by atoms with Crippen molar-refractivity contribution in [3.8, 4) is 5.75 Å². The maximum atomic E-state index is 6.05. The zero-order valence-corrected chi connectivity index (χ0v) is 11.6. The summed E-state index contributed by atoms with van der Waals surface area (Å²) < 4.78 is 5.37. The Morgan fingerprint density at radius 2 is 1.94 bits per heavy atom. The Hall–Kier alpha value is -1.06. The van der Waals surface area contributed by atoms with Gasteiger partial charge in [-0.25, -0.2) is 0 Å². The lowest BCUT2D eigenvalue weighted by molar-refractivity contribution is 0.371. The van der Waals surface area contributed by atoms with Gasteiger partial charge in [-0.1, -0.05) is 12.1 Å². The van der Waals surface area contributed by atoms with Gasteiger partial charge in [0.1, 0.15) is 5.75 Å². The van der Waals surface area contributed by atoms with Gasteiger partial charge in [0, 0.05) is 17.6 Å². The zero-order valence-electron chi connectivity index (χ0n) is 11.6. The first-order valence-electron chi connectivity index (χ1n) is 5.91. The highest BCUT2D eigenvalue weighted by molar-refractivity contribution is 5.37. The van der Waals surface area contributed by atoms with Crippen molar-refractivity contribution in [2.45, 2.75) is 32.4 Å². The van der Waals surface area contributed by atoms with Crippen LogP contribution in [-0.2, 0) is 13.0 Å². The maximum Gasteiger partial charge on any atom is 0.123 e. The van der Waals surface area contributed by atoms with Gasteiger partial charge < -0.3 is 15.4 Å². The summed E-state index contributed by atoms with van der Waals surface area (Å²) in [5.74, 6) is 0.942. The van der Waals surface area contributed by atoms with Gasteiger partial charge >= 0.3 is 0 Å². The van der Waals surface area contributed by atoms with Crippen molar-refractivity contribution >= 4 is 0 Å². The van der Waals surface area contributed by atoms with Crippen molar-refractivity contribution in [2.75, 3.05) is 21.2 Å². The van der Waals surface area contributed by atoms with Crippen LogP contribution in [0.5, 0.6) is 5.75 Å². The van der Waals surface area contributed by atoms with Crippen molar-refractivity contribution in [1.29, 1.82) is 0 Å². The molecular formula is C14H24N2O. The van der Waals surface area contributed by atoms with Gasteiger partial charge in [-0.2, -0.15) is 0 Å². The van der Waals surface area contributed by atoms with Gasteiger partial charge in [-0.05, 0) is 46.0 Å². The molecule has 0 heterocycles. The minimum atomic E-state index is -0.177. The number of rotatable bonds is 5. The molecule has 17 heavy (non-hydrogen) atoms. The standard InChI is InChI=1S/C14H24N2O/c1-14(2,15)9-11-6-7-13(17-5)12(8-11)10-16(3)4/h6-8H,9-10,15H2,1-5H3. The topological polar surface area (TPSA) is 38.5 Å². The van der Waals surface area contributed by atoms with Gasteiger partial charge in [-0.15, -0.1) is 0 Å². The van der Waals surface area contributed by atoms with Crippen molar-refractivity contribution in [3.63, 3.8) is 0 Å². The summed E-state index contributed by atoms with van der Waals surface area (Å²) in [7, 11) is 5.82. The van der Waals surface area contributed by atoms with Gasteiger partial charge in [0.25, 0.3) is 0 Å². The minimum absolute atomic E-state index is 0.177. The van der Waals surface area contributed by atoms with Crippen LogP contribution in [0.25, 0.3) is 0 Å². The lowest BCUT2D eigenvalue weighted by atomic mass is 9.95. The second kappa shape index (κ2) is 5.52. The SMILES string of the molecule is COc1ccc(CC(C)(C)N)cc1CN(C)C. The van der Waals surface area contributed by atoms with Crippen LogP contribution in [-0.4, -0.2) is 31.6 Å². The number of hydrogen-bond donors (Lipinski definition) is 1. The lowest BCUT2D eigenvalue weighted by Gasteiger charge is -2.20. The van der Waals surface area contributed by atoms with Crippen LogP contribution in [0, 0.1) is 0 Å². The number of hydrogen-bond acceptors (Lipinski definition) is 3. The van der Waals surface area contributed by atoms with Gasteiger partial charge in [-0.3, -0.25) is 0 Å². The quantitative estimate of drug-likeness (QED) is 0.850. The molecule has 1 aromatic rings. The molecule has 0 fully saturated rings. The molecule has 3 nitrogen and oxygen atoms in total. The summed E-state index contributed by atoms with van der Waals surface area (Å²) in [6.45, 7) is 4.97. The van der Waals surface area contributed by atoms with Crippen LogP contribution >= 0.6 is 0 Å². The first-order valence-corrected chi connectivity index (χ1v) is 5.91. The summed E-state index contributed by atoms with van der Waals surface area (Å²) in [6.07, 6.45) is 0.872. The molecule has 0 spiro atoms. The second-order valence-electron chi connectivity index (χ2n) is 5.55. The van der Waals surface area contributed by atoms with Crippen LogP contribution in [0.15, 0.2) is 18.2 Å². The molecule has 96 valence electrons. The summed E-state index contributed by atoms with van der Waals surface area (Å²) in [5.41, 5.74) is 8.34. The molecule has 0 aliphatic carbocycles. The van der Waals surface area contributed by atoms with E-state index in [0.717, 1.165) is 18.7 Å². The molecule has 2 N–H and O–H groups in total. The molecule has 0 aromatic heterocycles. The van der Waals surface area contributed by atoms with E-state index >= 15 is 0 Å². The fraction of sp³-hybridized carbons (Fsp3) is 0.571. The maximum absolute atomic E-state index is 6.05. The molecule has 0 saturated carbocycles. The Bertz CT molecular complexity index is 367. The van der Waals surface area contributed by atoms with Crippen molar-refractivity contribution in [3.05, 3.63) is 29.3 Å². The van der Waals surface area contributed by atoms with Crippen LogP contribution < -0.4 is 10.5 Å². The fourth-order valence-corrected chi connectivity index (χ4v) is 1.93. The van der Waals surface area contributed by atoms with E-state index in [9.17, 15) is 0 Å². The molecule has 0 amide bonds. The molecule has 0 radical (unpaired) electrons. The number of nitrogens with zero attached hydrogens (tertiary/aromatic N) is 1. The van der Waals surface area contributed by atoms with Gasteiger partial charge in [0.2, 0.25) is 0 Å². The summed E-state index contributed by atoms with van der Waals surface area (Å²) in [6, 6.07) is 6.31. The number of methoxy groups -OCH3 is 1. The Labute approximate surface area is 105 Å². The molecule has 1 aromatic carbocycles. The zero-order chi connectivity index (χ0) is 13.1. The minimum Gasteiger partial charge on any atom is -0.496 e. The third kappa shape index (κ3) is 4.75. The van der Waals surface area contributed by atoms with E-state index in [2.05, 4.69) is 31.1 Å². The van der Waals surface area contributed by atoms with E-state index in [1.807, 2.05) is 19.9 Å². The Morgan fingerprint density at radius 1 is 1.29 bits per heavy atom. The molecule has 0 aliphatic heterocycles. The van der Waals surface area contributed by atoms with E-state index in [1.165, 1.54) is 11.1 Å². The smallest absolute Gasteiger partial charge is 0.123 e. The Morgan fingerprint density at radius 3 is 2.41 bits per heavy atom. The highest BCUT2D eigenvalue weighted by atomic mass is 16.5. The first kappa shape index (κ1) is 14.0. The first-order chi connectivity index (χ1) is 7.81. The Kier molecular flexibility index (Phi) is 4.54. The van der Waals surface area contributed by atoms with E-state index in [1.54, 1.807) is 7.11 Å². The van der Waals surface area contributed by atoms with Crippen molar-refractivity contribution in [1.82, 2.24) is 4.90 Å². The fourth-order valence-electron chi connectivity index (χ4n) is 1.93. The van der Waals surface area contributed by atoms with Crippen LogP contribution in [0.4, 0.5) is 0 Å². The highest BCUT2D eigenvalue weighted by Crippen LogP contribution is 2.22. The van der Waals surface area contributed by atoms with Crippen LogP contribution in [0.1, 0.15) is 25.0 Å². The van der Waals surface area contributed by atoms with Crippen molar-refractivity contribution < 1.29 is 4.74 Å². The Balaban J connectivity index is 2.96. The summed E-state index contributed by atoms with van der Waals surface area (Å²) in [5, 5.41) is 0. The average Bonchev–Trinajstić information content (AvgIpc) is 2.14. The molecule has 0 unspecified atom stereocenters.